The number of para-hydroxylation sites is 1. The van der Waals surface area contributed by atoms with E-state index in [0.29, 0.717) is 12.5 Å². The number of aryl methyl sites for hydroxylation is 1. The second-order valence-electron chi connectivity index (χ2n) is 7.25. The number of H-pyrrole nitrogens is 1. The van der Waals surface area contributed by atoms with Crippen LogP contribution in [-0.2, 0) is 22.7 Å². The third-order valence-corrected chi connectivity index (χ3v) is 5.13. The third-order valence-electron chi connectivity index (χ3n) is 5.13. The van der Waals surface area contributed by atoms with E-state index >= 15 is 0 Å². The molecule has 1 N–H and O–H groups in total. The summed E-state index contributed by atoms with van der Waals surface area (Å²) in [5.74, 6) is 1.27. The molecule has 1 aliphatic rings. The summed E-state index contributed by atoms with van der Waals surface area (Å²) in [6, 6.07) is 6.03. The second-order valence-corrected chi connectivity index (χ2v) is 7.25. The Kier molecular flexibility index (Phi) is 5.20. The molecule has 0 radical (unpaired) electrons. The van der Waals surface area contributed by atoms with Gasteiger partial charge in [0.15, 0.2) is 0 Å². The molecule has 27 heavy (non-hydrogen) atoms. The molecular formula is C20H25N5O2. The minimum absolute atomic E-state index is 0.0534. The Morgan fingerprint density at radius 3 is 3.15 bits per heavy atom. The first-order chi connectivity index (χ1) is 13.2. The molecule has 0 spiro atoms. The Morgan fingerprint density at radius 1 is 1.41 bits per heavy atom. The average molecular weight is 367 g/mol. The quantitative estimate of drug-likeness (QED) is 0.726. The number of rotatable bonds is 6. The van der Waals surface area contributed by atoms with E-state index in [0.717, 1.165) is 54.9 Å². The number of amides is 1. The molecule has 4 rings (SSSR count). The lowest BCUT2D eigenvalue weighted by Gasteiger charge is -2.32. The van der Waals surface area contributed by atoms with Gasteiger partial charge in [-0.1, -0.05) is 12.1 Å². The molecule has 2 aromatic heterocycles. The van der Waals surface area contributed by atoms with Crippen molar-refractivity contribution in [2.45, 2.75) is 32.9 Å². The lowest BCUT2D eigenvalue weighted by atomic mass is 9.98. The molecule has 0 saturated carbocycles. The number of carbonyl (C=O) groups is 1. The van der Waals surface area contributed by atoms with E-state index < -0.39 is 0 Å². The van der Waals surface area contributed by atoms with Crippen LogP contribution < -0.4 is 0 Å². The van der Waals surface area contributed by atoms with E-state index in [9.17, 15) is 4.79 Å². The number of imidazole rings is 2. The van der Waals surface area contributed by atoms with Gasteiger partial charge in [-0.25, -0.2) is 9.97 Å². The molecule has 0 unspecified atom stereocenters. The zero-order valence-electron chi connectivity index (χ0n) is 15.6. The van der Waals surface area contributed by atoms with Gasteiger partial charge in [-0.05, 0) is 37.3 Å². The van der Waals surface area contributed by atoms with Crippen LogP contribution >= 0.6 is 0 Å². The SMILES string of the molecule is Cc1cccc2[nH]c(COCC(=O)N3CCC[C@@H](Cn4ccnc4)C3)nc12. The lowest BCUT2D eigenvalue weighted by molar-refractivity contribution is -0.138. The molecular weight excluding hydrogens is 342 g/mol. The maximum atomic E-state index is 12.5. The first-order valence-corrected chi connectivity index (χ1v) is 9.44. The normalized spacial score (nSPS) is 17.5. The van der Waals surface area contributed by atoms with Gasteiger partial charge in [-0.15, -0.1) is 0 Å². The van der Waals surface area contributed by atoms with Gasteiger partial charge in [0.05, 0.1) is 17.4 Å². The maximum absolute atomic E-state index is 12.5. The van der Waals surface area contributed by atoms with Crippen molar-refractivity contribution in [1.82, 2.24) is 24.4 Å². The highest BCUT2D eigenvalue weighted by Gasteiger charge is 2.24. The van der Waals surface area contributed by atoms with Crippen LogP contribution in [0.1, 0.15) is 24.2 Å². The lowest BCUT2D eigenvalue weighted by Crippen LogP contribution is -2.42. The minimum Gasteiger partial charge on any atom is -0.364 e. The monoisotopic (exact) mass is 367 g/mol. The van der Waals surface area contributed by atoms with Gasteiger partial charge in [0, 0.05) is 32.0 Å². The first kappa shape index (κ1) is 17.7. The van der Waals surface area contributed by atoms with Crippen LogP contribution in [0.15, 0.2) is 36.9 Å². The van der Waals surface area contributed by atoms with Crippen molar-refractivity contribution >= 4 is 16.9 Å². The number of ether oxygens (including phenoxy) is 1. The van der Waals surface area contributed by atoms with Crippen molar-refractivity contribution < 1.29 is 9.53 Å². The summed E-state index contributed by atoms with van der Waals surface area (Å²) in [6.07, 6.45) is 7.77. The number of aromatic amines is 1. The number of likely N-dealkylation sites (tertiary alicyclic amines) is 1. The molecule has 7 nitrogen and oxygen atoms in total. The van der Waals surface area contributed by atoms with Crippen LogP contribution in [0.4, 0.5) is 0 Å². The predicted molar refractivity (Wildman–Crippen MR) is 102 cm³/mol. The number of fused-ring (bicyclic) bond motifs is 1. The van der Waals surface area contributed by atoms with Gasteiger partial charge in [-0.2, -0.15) is 0 Å². The molecule has 3 aromatic rings. The molecule has 142 valence electrons. The molecule has 1 atom stereocenters. The molecule has 1 fully saturated rings. The number of nitrogens with zero attached hydrogens (tertiary/aromatic N) is 4. The number of benzene rings is 1. The van der Waals surface area contributed by atoms with Crippen molar-refractivity contribution in [3.63, 3.8) is 0 Å². The van der Waals surface area contributed by atoms with Crippen LogP contribution in [0.3, 0.4) is 0 Å². The molecule has 1 aromatic carbocycles. The fourth-order valence-corrected chi connectivity index (χ4v) is 3.75. The largest absolute Gasteiger partial charge is 0.364 e. The standard InChI is InChI=1S/C20H25N5O2/c1-15-4-2-6-17-20(15)23-18(22-17)12-27-13-19(26)25-8-3-5-16(11-25)10-24-9-7-21-14-24/h2,4,6-7,9,14,16H,3,5,8,10-13H2,1H3,(H,22,23)/t16-/m0/s1. The van der Waals surface area contributed by atoms with Crippen LogP contribution in [0.25, 0.3) is 11.0 Å². The number of aromatic nitrogens is 4. The fourth-order valence-electron chi connectivity index (χ4n) is 3.75. The molecule has 7 heteroatoms. The summed E-state index contributed by atoms with van der Waals surface area (Å²) in [6.45, 7) is 4.94. The number of nitrogens with one attached hydrogen (secondary N) is 1. The van der Waals surface area contributed by atoms with Crippen molar-refractivity contribution in [2.75, 3.05) is 19.7 Å². The van der Waals surface area contributed by atoms with Crippen molar-refractivity contribution in [3.8, 4) is 0 Å². The second kappa shape index (κ2) is 7.92. The van der Waals surface area contributed by atoms with Crippen LogP contribution in [0, 0.1) is 12.8 Å². The van der Waals surface area contributed by atoms with Gasteiger partial charge in [0.25, 0.3) is 0 Å². The van der Waals surface area contributed by atoms with E-state index in [1.807, 2.05) is 42.5 Å². The Balaban J connectivity index is 1.27. The molecule has 1 aliphatic heterocycles. The molecule has 0 bridgehead atoms. The zero-order chi connectivity index (χ0) is 18.6. The number of hydrogen-bond donors (Lipinski definition) is 1. The van der Waals surface area contributed by atoms with E-state index in [2.05, 4.69) is 19.5 Å². The predicted octanol–water partition coefficient (Wildman–Crippen LogP) is 2.52. The van der Waals surface area contributed by atoms with Crippen molar-refractivity contribution in [3.05, 3.63) is 48.3 Å². The van der Waals surface area contributed by atoms with E-state index in [1.165, 1.54) is 0 Å². The summed E-state index contributed by atoms with van der Waals surface area (Å²) in [5, 5.41) is 0. The van der Waals surface area contributed by atoms with Crippen molar-refractivity contribution in [2.24, 2.45) is 5.92 Å². The highest BCUT2D eigenvalue weighted by Crippen LogP contribution is 2.19. The Labute approximate surface area is 158 Å². The van der Waals surface area contributed by atoms with Gasteiger partial charge < -0.3 is 19.2 Å². The number of hydrogen-bond acceptors (Lipinski definition) is 4. The summed E-state index contributed by atoms with van der Waals surface area (Å²) >= 11 is 0. The summed E-state index contributed by atoms with van der Waals surface area (Å²) in [4.78, 5) is 26.3. The highest BCUT2D eigenvalue weighted by molar-refractivity contribution is 5.78. The van der Waals surface area contributed by atoms with Crippen LogP contribution in [-0.4, -0.2) is 50.0 Å². The Hall–Kier alpha value is -2.67. The van der Waals surface area contributed by atoms with E-state index in [4.69, 9.17) is 4.74 Å². The summed E-state index contributed by atoms with van der Waals surface area (Å²) in [7, 11) is 0. The smallest absolute Gasteiger partial charge is 0.248 e. The molecule has 1 saturated heterocycles. The highest BCUT2D eigenvalue weighted by atomic mass is 16.5. The fraction of sp³-hybridized carbons (Fsp3) is 0.450. The number of piperidine rings is 1. The van der Waals surface area contributed by atoms with Gasteiger partial charge in [0.2, 0.25) is 5.91 Å². The van der Waals surface area contributed by atoms with Gasteiger partial charge >= 0.3 is 0 Å². The topological polar surface area (TPSA) is 76.0 Å². The maximum Gasteiger partial charge on any atom is 0.248 e. The van der Waals surface area contributed by atoms with Gasteiger partial charge in [0.1, 0.15) is 19.0 Å². The number of carbonyl (C=O) groups excluding carboxylic acids is 1. The Morgan fingerprint density at radius 2 is 2.33 bits per heavy atom. The summed E-state index contributed by atoms with van der Waals surface area (Å²) < 4.78 is 7.73. The average Bonchev–Trinajstić information content (AvgIpc) is 3.32. The molecule has 1 amide bonds. The zero-order valence-corrected chi connectivity index (χ0v) is 15.6. The van der Waals surface area contributed by atoms with E-state index in [1.54, 1.807) is 6.20 Å². The van der Waals surface area contributed by atoms with Gasteiger partial charge in [-0.3, -0.25) is 4.79 Å². The minimum atomic E-state index is 0.0534. The molecule has 3 heterocycles. The molecule has 0 aliphatic carbocycles. The van der Waals surface area contributed by atoms with Crippen LogP contribution in [0.5, 0.6) is 0 Å². The summed E-state index contributed by atoms with van der Waals surface area (Å²) in [5.41, 5.74) is 3.09. The van der Waals surface area contributed by atoms with Crippen LogP contribution in [0.2, 0.25) is 0 Å². The third kappa shape index (κ3) is 4.19. The van der Waals surface area contributed by atoms with Crippen molar-refractivity contribution in [1.29, 1.82) is 0 Å². The Bertz CT molecular complexity index is 902. The van der Waals surface area contributed by atoms with E-state index in [-0.39, 0.29) is 12.5 Å². The first-order valence-electron chi connectivity index (χ1n) is 9.44.